The number of aromatic nitrogens is 2. The van der Waals surface area contributed by atoms with E-state index in [4.69, 9.17) is 22.1 Å². The molecule has 0 aliphatic carbocycles. The Balaban J connectivity index is 2.35. The normalized spacial score (nSPS) is 32.9. The summed E-state index contributed by atoms with van der Waals surface area (Å²) >= 11 is 5.03. The molecule has 1 aliphatic heterocycles. The summed E-state index contributed by atoms with van der Waals surface area (Å²) in [5, 5.41) is 18.9. The predicted molar refractivity (Wildman–Crippen MR) is 62.1 cm³/mol. The Morgan fingerprint density at radius 2 is 2.35 bits per heavy atom. The molecule has 3 N–H and O–H groups in total. The van der Waals surface area contributed by atoms with E-state index in [0.29, 0.717) is 0 Å². The van der Waals surface area contributed by atoms with Crippen LogP contribution in [0.1, 0.15) is 13.2 Å². The topological polar surface area (TPSA) is 87.5 Å². The zero-order valence-corrected chi connectivity index (χ0v) is 10.1. The lowest BCUT2D eigenvalue weighted by atomic mass is 10.0. The first-order chi connectivity index (χ1) is 8.04. The zero-order valence-electron chi connectivity index (χ0n) is 9.24. The van der Waals surface area contributed by atoms with Crippen molar-refractivity contribution in [1.82, 2.24) is 9.55 Å². The first-order valence-electron chi connectivity index (χ1n) is 5.30. The number of aliphatic hydroxyl groups excluding tert-OH is 2. The molecular weight excluding hydrogens is 244 g/mol. The van der Waals surface area contributed by atoms with Gasteiger partial charge in [-0.25, -0.2) is 0 Å². The summed E-state index contributed by atoms with van der Waals surface area (Å²) in [6, 6.07) is 1.34. The van der Waals surface area contributed by atoms with Crippen molar-refractivity contribution in [2.24, 2.45) is 5.92 Å². The van der Waals surface area contributed by atoms with Crippen LogP contribution in [0.3, 0.4) is 0 Å². The van der Waals surface area contributed by atoms with Crippen molar-refractivity contribution in [2.75, 3.05) is 6.61 Å². The Bertz CT molecular complexity index is 512. The van der Waals surface area contributed by atoms with Crippen LogP contribution >= 0.6 is 12.2 Å². The highest BCUT2D eigenvalue weighted by atomic mass is 32.1. The molecule has 6 nitrogen and oxygen atoms in total. The first kappa shape index (κ1) is 12.4. The van der Waals surface area contributed by atoms with Crippen LogP contribution in [0, 0.1) is 10.7 Å². The molecule has 1 aromatic rings. The lowest BCUT2D eigenvalue weighted by molar-refractivity contribution is -0.0470. The summed E-state index contributed by atoms with van der Waals surface area (Å²) in [4.78, 5) is 13.5. The van der Waals surface area contributed by atoms with E-state index in [1.165, 1.54) is 12.3 Å². The van der Waals surface area contributed by atoms with Crippen molar-refractivity contribution in [2.45, 2.75) is 25.4 Å². The van der Waals surface area contributed by atoms with Gasteiger partial charge in [-0.2, -0.15) is 0 Å². The van der Waals surface area contributed by atoms with Crippen LogP contribution in [0.2, 0.25) is 0 Å². The van der Waals surface area contributed by atoms with Gasteiger partial charge < -0.3 is 14.9 Å². The minimum atomic E-state index is -0.751. The third kappa shape index (κ3) is 2.19. The maximum absolute atomic E-state index is 11.1. The predicted octanol–water partition coefficient (Wildman–Crippen LogP) is -0.207. The smallest absolute Gasteiger partial charge is 0.251 e. The second kappa shape index (κ2) is 4.69. The first-order valence-corrected chi connectivity index (χ1v) is 5.71. The van der Waals surface area contributed by atoms with Crippen LogP contribution in [0.5, 0.6) is 0 Å². The Labute approximate surface area is 102 Å². The molecule has 17 heavy (non-hydrogen) atoms. The molecule has 1 aliphatic rings. The van der Waals surface area contributed by atoms with Crippen molar-refractivity contribution in [3.8, 4) is 0 Å². The van der Waals surface area contributed by atoms with Crippen LogP contribution in [0.4, 0.5) is 0 Å². The number of nitrogens with zero attached hydrogens (tertiary/aromatic N) is 1. The van der Waals surface area contributed by atoms with Crippen LogP contribution in [0.25, 0.3) is 0 Å². The SMILES string of the molecule is CC1C(O)C(CO)OC1n1ccc(=O)[nH]c1=S. The van der Waals surface area contributed by atoms with E-state index in [0.717, 1.165) is 0 Å². The molecule has 0 radical (unpaired) electrons. The number of ether oxygens (including phenoxy) is 1. The molecule has 94 valence electrons. The number of rotatable bonds is 2. The second-order valence-corrected chi connectivity index (χ2v) is 4.50. The molecule has 1 aromatic heterocycles. The van der Waals surface area contributed by atoms with E-state index >= 15 is 0 Å². The molecule has 1 fully saturated rings. The fraction of sp³-hybridized carbons (Fsp3) is 0.600. The van der Waals surface area contributed by atoms with Crippen LogP contribution in [-0.2, 0) is 4.74 Å². The van der Waals surface area contributed by atoms with Gasteiger partial charge in [-0.3, -0.25) is 14.3 Å². The average molecular weight is 258 g/mol. The van der Waals surface area contributed by atoms with Crippen molar-refractivity contribution in [1.29, 1.82) is 0 Å². The van der Waals surface area contributed by atoms with Crippen molar-refractivity contribution in [3.05, 3.63) is 27.4 Å². The Morgan fingerprint density at radius 1 is 1.65 bits per heavy atom. The summed E-state index contributed by atoms with van der Waals surface area (Å²) < 4.78 is 7.32. The fourth-order valence-corrected chi connectivity index (χ4v) is 2.25. The number of nitrogens with one attached hydrogen (secondary N) is 1. The Kier molecular flexibility index (Phi) is 3.43. The second-order valence-electron chi connectivity index (χ2n) is 4.11. The largest absolute Gasteiger partial charge is 0.394 e. The highest BCUT2D eigenvalue weighted by molar-refractivity contribution is 7.71. The zero-order chi connectivity index (χ0) is 12.6. The minimum Gasteiger partial charge on any atom is -0.394 e. The molecule has 2 heterocycles. The summed E-state index contributed by atoms with van der Waals surface area (Å²) in [5.74, 6) is -0.218. The monoisotopic (exact) mass is 258 g/mol. The van der Waals surface area contributed by atoms with E-state index in [9.17, 15) is 9.90 Å². The Morgan fingerprint density at radius 3 is 2.88 bits per heavy atom. The molecule has 1 saturated heterocycles. The molecule has 7 heteroatoms. The molecular formula is C10H14N2O4S. The molecule has 0 spiro atoms. The quantitative estimate of drug-likeness (QED) is 0.639. The van der Waals surface area contributed by atoms with E-state index in [1.54, 1.807) is 11.5 Å². The van der Waals surface area contributed by atoms with Gasteiger partial charge in [-0.05, 0) is 12.2 Å². The fourth-order valence-electron chi connectivity index (χ4n) is 1.99. The molecule has 0 saturated carbocycles. The number of aromatic amines is 1. The van der Waals surface area contributed by atoms with Gasteiger partial charge >= 0.3 is 0 Å². The Hall–Kier alpha value is -1.02. The standard InChI is InChI=1S/C10H14N2O4S/c1-5-8(15)6(4-13)16-9(5)12-3-2-7(14)11-10(12)17/h2-3,5-6,8-9,13,15H,4H2,1H3,(H,11,14,17). The lowest BCUT2D eigenvalue weighted by Gasteiger charge is -2.18. The summed E-state index contributed by atoms with van der Waals surface area (Å²) in [7, 11) is 0. The van der Waals surface area contributed by atoms with Gasteiger partial charge in [0, 0.05) is 18.2 Å². The van der Waals surface area contributed by atoms with Gasteiger partial charge in [0.1, 0.15) is 12.3 Å². The summed E-state index contributed by atoms with van der Waals surface area (Å²) in [6.45, 7) is 1.55. The molecule has 4 unspecified atom stereocenters. The molecule has 0 aromatic carbocycles. The number of H-pyrrole nitrogens is 1. The third-order valence-corrected chi connectivity index (χ3v) is 3.30. The van der Waals surface area contributed by atoms with Gasteiger partial charge in [0.25, 0.3) is 5.56 Å². The van der Waals surface area contributed by atoms with E-state index in [1.807, 2.05) is 0 Å². The minimum absolute atomic E-state index is 0.218. The van der Waals surface area contributed by atoms with E-state index in [2.05, 4.69) is 4.98 Å². The van der Waals surface area contributed by atoms with Gasteiger partial charge in [0.15, 0.2) is 4.77 Å². The molecule has 0 bridgehead atoms. The van der Waals surface area contributed by atoms with Crippen molar-refractivity contribution >= 4 is 12.2 Å². The number of hydrogen-bond acceptors (Lipinski definition) is 5. The maximum Gasteiger partial charge on any atom is 0.251 e. The molecule has 4 atom stereocenters. The van der Waals surface area contributed by atoms with Crippen LogP contribution in [0.15, 0.2) is 17.1 Å². The van der Waals surface area contributed by atoms with E-state index in [-0.39, 0.29) is 22.9 Å². The molecule has 2 rings (SSSR count). The highest BCUT2D eigenvalue weighted by Crippen LogP contribution is 2.33. The van der Waals surface area contributed by atoms with Crippen molar-refractivity contribution in [3.63, 3.8) is 0 Å². The third-order valence-electron chi connectivity index (χ3n) is 2.99. The van der Waals surface area contributed by atoms with Gasteiger partial charge in [-0.1, -0.05) is 6.92 Å². The van der Waals surface area contributed by atoms with Crippen LogP contribution < -0.4 is 5.56 Å². The van der Waals surface area contributed by atoms with E-state index < -0.39 is 18.4 Å². The van der Waals surface area contributed by atoms with Crippen LogP contribution in [-0.4, -0.2) is 38.6 Å². The highest BCUT2D eigenvalue weighted by Gasteiger charge is 2.41. The summed E-state index contributed by atoms with van der Waals surface area (Å²) in [5.41, 5.74) is -0.281. The van der Waals surface area contributed by atoms with Crippen molar-refractivity contribution < 1.29 is 14.9 Å². The van der Waals surface area contributed by atoms with Gasteiger partial charge in [0.2, 0.25) is 0 Å². The van der Waals surface area contributed by atoms with Gasteiger partial charge in [0.05, 0.1) is 12.7 Å². The average Bonchev–Trinajstić information content (AvgIpc) is 2.57. The maximum atomic E-state index is 11.1. The lowest BCUT2D eigenvalue weighted by Crippen LogP contribution is -2.28. The summed E-state index contributed by atoms with van der Waals surface area (Å²) in [6.07, 6.45) is -0.330. The number of hydrogen-bond donors (Lipinski definition) is 3. The van der Waals surface area contributed by atoms with Gasteiger partial charge in [-0.15, -0.1) is 0 Å². The number of aliphatic hydroxyl groups is 2. The molecule has 0 amide bonds.